The van der Waals surface area contributed by atoms with Crippen LogP contribution in [-0.4, -0.2) is 49.3 Å². The van der Waals surface area contributed by atoms with Crippen molar-refractivity contribution >= 4 is 12.0 Å². The number of nitrogens with one attached hydrogen (secondary N) is 1. The van der Waals surface area contributed by atoms with Gasteiger partial charge in [-0.25, -0.2) is 4.79 Å². The van der Waals surface area contributed by atoms with Crippen LogP contribution in [0, 0.1) is 11.8 Å². The number of hydrogen-bond donors (Lipinski definition) is 2. The van der Waals surface area contributed by atoms with Crippen molar-refractivity contribution in [1.29, 1.82) is 0 Å². The van der Waals surface area contributed by atoms with Crippen molar-refractivity contribution < 1.29 is 24.2 Å². The normalized spacial score (nSPS) is 13.0. The summed E-state index contributed by atoms with van der Waals surface area (Å²) in [6.45, 7) is 8.47. The number of rotatable bonds is 10. The first kappa shape index (κ1) is 22.6. The van der Waals surface area contributed by atoms with Gasteiger partial charge >= 0.3 is 12.0 Å². The van der Waals surface area contributed by atoms with Crippen LogP contribution in [0.5, 0.6) is 11.5 Å². The van der Waals surface area contributed by atoms with Crippen molar-refractivity contribution in [2.45, 2.75) is 40.2 Å². The van der Waals surface area contributed by atoms with E-state index in [-0.39, 0.29) is 18.6 Å². The number of nitrogens with zero attached hydrogens (tertiary/aromatic N) is 1. The first-order valence-corrected chi connectivity index (χ1v) is 9.20. The van der Waals surface area contributed by atoms with Gasteiger partial charge in [-0.3, -0.25) is 4.79 Å². The minimum Gasteiger partial charge on any atom is -0.493 e. The number of amides is 2. The van der Waals surface area contributed by atoms with Crippen LogP contribution in [0.1, 0.15) is 45.7 Å². The van der Waals surface area contributed by atoms with Crippen LogP contribution in [0.15, 0.2) is 18.2 Å². The molecule has 0 aliphatic carbocycles. The summed E-state index contributed by atoms with van der Waals surface area (Å²) in [7, 11) is 3.16. The van der Waals surface area contributed by atoms with E-state index in [1.165, 1.54) is 4.90 Å². The van der Waals surface area contributed by atoms with Gasteiger partial charge in [-0.15, -0.1) is 0 Å². The molecule has 2 N–H and O–H groups in total. The second kappa shape index (κ2) is 10.6. The number of carbonyl (C=O) groups excluding carboxylic acids is 1. The maximum Gasteiger partial charge on any atom is 0.317 e. The Labute approximate surface area is 161 Å². The summed E-state index contributed by atoms with van der Waals surface area (Å²) in [6, 6.07) is 4.98. The molecule has 2 unspecified atom stereocenters. The summed E-state index contributed by atoms with van der Waals surface area (Å²) < 4.78 is 11.2. The van der Waals surface area contributed by atoms with E-state index in [1.54, 1.807) is 21.1 Å². The molecule has 0 spiro atoms. The lowest BCUT2D eigenvalue weighted by atomic mass is 10.1. The van der Waals surface area contributed by atoms with Gasteiger partial charge in [0.2, 0.25) is 0 Å². The maximum atomic E-state index is 12.3. The van der Waals surface area contributed by atoms with Crippen molar-refractivity contribution in [3.8, 4) is 11.5 Å². The largest absolute Gasteiger partial charge is 0.493 e. The van der Waals surface area contributed by atoms with E-state index >= 15 is 0 Å². The monoisotopic (exact) mass is 380 g/mol. The first-order chi connectivity index (χ1) is 12.6. The van der Waals surface area contributed by atoms with Gasteiger partial charge in [-0.2, -0.15) is 0 Å². The fraction of sp³-hybridized carbons (Fsp3) is 0.600. The fourth-order valence-electron chi connectivity index (χ4n) is 2.43. The molecule has 0 fully saturated rings. The molecule has 1 aromatic carbocycles. The van der Waals surface area contributed by atoms with E-state index in [1.807, 2.05) is 25.1 Å². The molecule has 0 aromatic heterocycles. The number of carboxylic acids is 1. The van der Waals surface area contributed by atoms with E-state index in [0.29, 0.717) is 24.0 Å². The zero-order valence-corrected chi connectivity index (χ0v) is 17.1. The molecular formula is C20H32N2O5. The Balaban J connectivity index is 2.72. The molecule has 1 aromatic rings. The number of ether oxygens (including phenoxy) is 2. The highest BCUT2D eigenvalue weighted by Crippen LogP contribution is 2.30. The van der Waals surface area contributed by atoms with Crippen molar-refractivity contribution in [3.05, 3.63) is 23.8 Å². The Morgan fingerprint density at radius 2 is 1.85 bits per heavy atom. The Morgan fingerprint density at radius 1 is 1.19 bits per heavy atom. The predicted octanol–water partition coefficient (Wildman–Crippen LogP) is 3.54. The Morgan fingerprint density at radius 3 is 2.41 bits per heavy atom. The zero-order valence-electron chi connectivity index (χ0n) is 17.1. The third kappa shape index (κ3) is 7.37. The average Bonchev–Trinajstić information content (AvgIpc) is 2.61. The van der Waals surface area contributed by atoms with Gasteiger partial charge < -0.3 is 24.8 Å². The minimum atomic E-state index is -0.930. The zero-order chi connectivity index (χ0) is 20.6. The van der Waals surface area contributed by atoms with Crippen molar-refractivity contribution in [1.82, 2.24) is 10.2 Å². The van der Waals surface area contributed by atoms with Gasteiger partial charge in [0.15, 0.2) is 11.5 Å². The number of benzene rings is 1. The van der Waals surface area contributed by atoms with E-state index in [0.717, 1.165) is 12.0 Å². The van der Waals surface area contributed by atoms with Crippen LogP contribution >= 0.6 is 0 Å². The molecule has 0 saturated carbocycles. The Bertz CT molecular complexity index is 633. The summed E-state index contributed by atoms with van der Waals surface area (Å²) in [6.07, 6.45) is 0.957. The summed E-state index contributed by atoms with van der Waals surface area (Å²) >= 11 is 0. The highest BCUT2D eigenvalue weighted by Gasteiger charge is 2.19. The van der Waals surface area contributed by atoms with Crippen molar-refractivity contribution in [2.75, 3.05) is 27.3 Å². The minimum absolute atomic E-state index is 0.139. The number of urea groups is 1. The molecule has 0 heterocycles. The highest BCUT2D eigenvalue weighted by molar-refractivity contribution is 5.76. The van der Waals surface area contributed by atoms with Crippen LogP contribution in [0.2, 0.25) is 0 Å². The molecule has 0 bridgehead atoms. The molecule has 0 saturated heterocycles. The first-order valence-electron chi connectivity index (χ1n) is 9.20. The Hall–Kier alpha value is -2.44. The molecule has 2 amide bonds. The molecule has 1 rings (SSSR count). The van der Waals surface area contributed by atoms with Crippen LogP contribution in [-0.2, 0) is 4.79 Å². The van der Waals surface area contributed by atoms with Gasteiger partial charge in [0.05, 0.1) is 25.7 Å². The second-order valence-corrected chi connectivity index (χ2v) is 7.23. The second-order valence-electron chi connectivity index (χ2n) is 7.23. The highest BCUT2D eigenvalue weighted by atomic mass is 16.5. The summed E-state index contributed by atoms with van der Waals surface area (Å²) in [5.74, 6) is 0.295. The van der Waals surface area contributed by atoms with Crippen molar-refractivity contribution in [3.63, 3.8) is 0 Å². The summed E-state index contributed by atoms with van der Waals surface area (Å²) in [5, 5.41) is 11.8. The van der Waals surface area contributed by atoms with Gasteiger partial charge in [-0.1, -0.05) is 26.8 Å². The lowest BCUT2D eigenvalue weighted by Gasteiger charge is -2.23. The van der Waals surface area contributed by atoms with Crippen LogP contribution < -0.4 is 14.8 Å². The van der Waals surface area contributed by atoms with Crippen LogP contribution in [0.3, 0.4) is 0 Å². The fourth-order valence-corrected chi connectivity index (χ4v) is 2.43. The summed E-state index contributed by atoms with van der Waals surface area (Å²) in [5.41, 5.74) is 0.871. The molecule has 0 aliphatic heterocycles. The number of carbonyl (C=O) groups is 2. The molecule has 2 atom stereocenters. The predicted molar refractivity (Wildman–Crippen MR) is 104 cm³/mol. The Kier molecular flexibility index (Phi) is 8.91. The van der Waals surface area contributed by atoms with Gasteiger partial charge in [-0.05, 0) is 37.0 Å². The molecule has 0 radical (unpaired) electrons. The van der Waals surface area contributed by atoms with E-state index in [4.69, 9.17) is 14.6 Å². The van der Waals surface area contributed by atoms with E-state index in [2.05, 4.69) is 19.2 Å². The number of carboxylic acid groups (broad SMARTS) is 1. The number of methoxy groups -OCH3 is 1. The third-order valence-electron chi connectivity index (χ3n) is 4.30. The number of hydrogen-bond acceptors (Lipinski definition) is 4. The molecule has 7 heteroatoms. The number of aliphatic carboxylic acids is 1. The SMILES string of the molecule is COc1cc(C(C)NC(=O)N(C)CC(C)C(=O)O)ccc1OCCC(C)C. The lowest BCUT2D eigenvalue weighted by molar-refractivity contribution is -0.141. The van der Waals surface area contributed by atoms with Gasteiger partial charge in [0.25, 0.3) is 0 Å². The standard InChI is InChI=1S/C20H32N2O5/c1-13(2)9-10-27-17-8-7-16(11-18(17)26-6)15(4)21-20(25)22(5)12-14(3)19(23)24/h7-8,11,13-15H,9-10,12H2,1-6H3,(H,21,25)(H,23,24). The molecule has 27 heavy (non-hydrogen) atoms. The van der Waals surface area contributed by atoms with E-state index < -0.39 is 11.9 Å². The van der Waals surface area contributed by atoms with E-state index in [9.17, 15) is 9.59 Å². The van der Waals surface area contributed by atoms with Gasteiger partial charge in [0, 0.05) is 13.6 Å². The summed E-state index contributed by atoms with van der Waals surface area (Å²) in [4.78, 5) is 24.6. The average molecular weight is 380 g/mol. The van der Waals surface area contributed by atoms with Gasteiger partial charge in [0.1, 0.15) is 0 Å². The quantitative estimate of drug-likeness (QED) is 0.648. The van der Waals surface area contributed by atoms with Crippen LogP contribution in [0.25, 0.3) is 0 Å². The van der Waals surface area contributed by atoms with Crippen LogP contribution in [0.4, 0.5) is 4.79 Å². The van der Waals surface area contributed by atoms with Crippen molar-refractivity contribution in [2.24, 2.45) is 11.8 Å². The lowest BCUT2D eigenvalue weighted by Crippen LogP contribution is -2.41. The third-order valence-corrected chi connectivity index (χ3v) is 4.30. The molecule has 0 aliphatic rings. The molecule has 152 valence electrons. The molecular weight excluding hydrogens is 348 g/mol. The maximum absolute atomic E-state index is 12.3. The smallest absolute Gasteiger partial charge is 0.317 e. The topological polar surface area (TPSA) is 88.1 Å². The molecule has 7 nitrogen and oxygen atoms in total.